The Morgan fingerprint density at radius 1 is 1.23 bits per heavy atom. The zero-order chi connectivity index (χ0) is 15.4. The lowest BCUT2D eigenvalue weighted by Gasteiger charge is -2.33. The predicted octanol–water partition coefficient (Wildman–Crippen LogP) is 1.90. The SMILES string of the molecule is CCN1CCN(c2nncc(Nc3cccc(F)c3)n2)CC1. The number of hydrogen-bond acceptors (Lipinski definition) is 6. The standard InChI is InChI=1S/C15H19FN6/c1-2-21-6-8-22(9-7-21)15-19-14(11-17-20-15)18-13-5-3-4-12(16)10-13/h3-5,10-11H,2,6-9H2,1H3,(H,18,19,20). The van der Waals surface area contributed by atoms with Gasteiger partial charge >= 0.3 is 0 Å². The highest BCUT2D eigenvalue weighted by atomic mass is 19.1. The summed E-state index contributed by atoms with van der Waals surface area (Å²) in [4.78, 5) is 8.98. The van der Waals surface area contributed by atoms with E-state index < -0.39 is 0 Å². The molecule has 0 amide bonds. The molecule has 1 aliphatic rings. The van der Waals surface area contributed by atoms with Crippen molar-refractivity contribution < 1.29 is 4.39 Å². The Morgan fingerprint density at radius 2 is 2.05 bits per heavy atom. The first-order chi connectivity index (χ1) is 10.7. The fourth-order valence-corrected chi connectivity index (χ4v) is 2.47. The van der Waals surface area contributed by atoms with Gasteiger partial charge in [-0.25, -0.2) is 4.39 Å². The van der Waals surface area contributed by atoms with Gasteiger partial charge in [0.2, 0.25) is 5.95 Å². The molecule has 0 spiro atoms. The van der Waals surface area contributed by atoms with Crippen LogP contribution < -0.4 is 10.2 Å². The lowest BCUT2D eigenvalue weighted by atomic mass is 10.3. The molecule has 116 valence electrons. The molecule has 1 aliphatic heterocycles. The molecule has 22 heavy (non-hydrogen) atoms. The van der Waals surface area contributed by atoms with Crippen molar-refractivity contribution in [3.63, 3.8) is 0 Å². The van der Waals surface area contributed by atoms with Crippen LogP contribution in [0.2, 0.25) is 0 Å². The van der Waals surface area contributed by atoms with Crippen molar-refractivity contribution in [3.05, 3.63) is 36.3 Å². The largest absolute Gasteiger partial charge is 0.339 e. The second-order valence-electron chi connectivity index (χ2n) is 5.20. The monoisotopic (exact) mass is 302 g/mol. The third-order valence-corrected chi connectivity index (χ3v) is 3.75. The molecule has 0 bridgehead atoms. The van der Waals surface area contributed by atoms with Crippen LogP contribution >= 0.6 is 0 Å². The van der Waals surface area contributed by atoms with Crippen molar-refractivity contribution in [1.29, 1.82) is 0 Å². The molecular weight excluding hydrogens is 283 g/mol. The average molecular weight is 302 g/mol. The Morgan fingerprint density at radius 3 is 2.77 bits per heavy atom. The van der Waals surface area contributed by atoms with Gasteiger partial charge in [-0.3, -0.25) is 0 Å². The number of piperazine rings is 1. The number of aromatic nitrogens is 3. The Hall–Kier alpha value is -2.28. The summed E-state index contributed by atoms with van der Waals surface area (Å²) in [5.74, 6) is 0.883. The summed E-state index contributed by atoms with van der Waals surface area (Å²) in [6.45, 7) is 7.01. The summed E-state index contributed by atoms with van der Waals surface area (Å²) >= 11 is 0. The molecule has 3 rings (SSSR count). The van der Waals surface area contributed by atoms with E-state index in [1.807, 2.05) is 0 Å². The van der Waals surface area contributed by atoms with Crippen LogP contribution in [0.1, 0.15) is 6.92 Å². The summed E-state index contributed by atoms with van der Waals surface area (Å²) in [5.41, 5.74) is 0.641. The first-order valence-electron chi connectivity index (χ1n) is 7.44. The number of nitrogens with one attached hydrogen (secondary N) is 1. The molecule has 0 radical (unpaired) electrons. The fraction of sp³-hybridized carbons (Fsp3) is 0.400. The van der Waals surface area contributed by atoms with Crippen molar-refractivity contribution in [1.82, 2.24) is 20.1 Å². The van der Waals surface area contributed by atoms with Gasteiger partial charge in [0.05, 0.1) is 6.20 Å². The third kappa shape index (κ3) is 3.48. The number of likely N-dealkylation sites (N-methyl/N-ethyl adjacent to an activating group) is 1. The van der Waals surface area contributed by atoms with Gasteiger partial charge in [0, 0.05) is 31.9 Å². The van der Waals surface area contributed by atoms with Crippen molar-refractivity contribution in [2.75, 3.05) is 42.9 Å². The van der Waals surface area contributed by atoms with Gasteiger partial charge in [-0.05, 0) is 24.7 Å². The number of halogens is 1. The van der Waals surface area contributed by atoms with Crippen LogP contribution in [0.4, 0.5) is 21.8 Å². The second kappa shape index (κ2) is 6.65. The second-order valence-corrected chi connectivity index (χ2v) is 5.20. The van der Waals surface area contributed by atoms with Crippen molar-refractivity contribution >= 4 is 17.5 Å². The molecule has 7 heteroatoms. The first kappa shape index (κ1) is 14.6. The Kier molecular flexibility index (Phi) is 4.43. The molecule has 0 saturated carbocycles. The number of benzene rings is 1. The molecule has 0 unspecified atom stereocenters. The van der Waals surface area contributed by atoms with E-state index in [0.717, 1.165) is 32.7 Å². The van der Waals surface area contributed by atoms with Crippen molar-refractivity contribution in [3.8, 4) is 0 Å². The van der Waals surface area contributed by atoms with Crippen LogP contribution in [0.5, 0.6) is 0 Å². The van der Waals surface area contributed by atoms with Gasteiger partial charge in [-0.1, -0.05) is 13.0 Å². The van der Waals surface area contributed by atoms with Crippen molar-refractivity contribution in [2.45, 2.75) is 6.92 Å². The quantitative estimate of drug-likeness (QED) is 0.931. The molecule has 2 heterocycles. The van der Waals surface area contributed by atoms with E-state index in [4.69, 9.17) is 0 Å². The lowest BCUT2D eigenvalue weighted by Crippen LogP contribution is -2.46. The van der Waals surface area contributed by atoms with Gasteiger partial charge in [-0.15, -0.1) is 5.10 Å². The maximum atomic E-state index is 13.2. The minimum Gasteiger partial charge on any atom is -0.339 e. The molecule has 2 aromatic rings. The fourth-order valence-electron chi connectivity index (χ4n) is 2.47. The van der Waals surface area contributed by atoms with E-state index in [0.29, 0.717) is 17.5 Å². The molecule has 1 N–H and O–H groups in total. The number of anilines is 3. The normalized spacial score (nSPS) is 15.8. The van der Waals surface area contributed by atoms with Gasteiger partial charge < -0.3 is 15.1 Å². The lowest BCUT2D eigenvalue weighted by molar-refractivity contribution is 0.269. The predicted molar refractivity (Wildman–Crippen MR) is 83.8 cm³/mol. The Bertz CT molecular complexity index is 627. The molecule has 1 saturated heterocycles. The van der Waals surface area contributed by atoms with E-state index in [1.165, 1.54) is 18.3 Å². The van der Waals surface area contributed by atoms with E-state index in [-0.39, 0.29) is 5.82 Å². The maximum Gasteiger partial charge on any atom is 0.247 e. The van der Waals surface area contributed by atoms with Crippen molar-refractivity contribution in [2.24, 2.45) is 0 Å². The van der Waals surface area contributed by atoms with E-state index in [1.54, 1.807) is 12.1 Å². The van der Waals surface area contributed by atoms with Crippen LogP contribution in [-0.4, -0.2) is 52.8 Å². The zero-order valence-corrected chi connectivity index (χ0v) is 12.5. The Balaban J connectivity index is 1.70. The summed E-state index contributed by atoms with van der Waals surface area (Å²) < 4.78 is 13.2. The Labute approximate surface area is 129 Å². The third-order valence-electron chi connectivity index (χ3n) is 3.75. The number of nitrogens with zero attached hydrogens (tertiary/aromatic N) is 5. The van der Waals surface area contributed by atoms with Crippen LogP contribution in [0.25, 0.3) is 0 Å². The highest BCUT2D eigenvalue weighted by Crippen LogP contribution is 2.17. The molecule has 1 aromatic carbocycles. The number of hydrogen-bond donors (Lipinski definition) is 1. The highest BCUT2D eigenvalue weighted by Gasteiger charge is 2.18. The van der Waals surface area contributed by atoms with Crippen LogP contribution in [0.3, 0.4) is 0 Å². The summed E-state index contributed by atoms with van der Waals surface area (Å²) in [7, 11) is 0. The minimum atomic E-state index is -0.289. The van der Waals surface area contributed by atoms with Crippen LogP contribution in [-0.2, 0) is 0 Å². The van der Waals surface area contributed by atoms with Gasteiger partial charge in [0.15, 0.2) is 5.82 Å². The summed E-state index contributed by atoms with van der Waals surface area (Å²) in [6.07, 6.45) is 1.54. The van der Waals surface area contributed by atoms with E-state index in [2.05, 4.69) is 37.2 Å². The topological polar surface area (TPSA) is 57.2 Å². The zero-order valence-electron chi connectivity index (χ0n) is 12.5. The smallest absolute Gasteiger partial charge is 0.247 e. The summed E-state index contributed by atoms with van der Waals surface area (Å²) in [6, 6.07) is 6.26. The first-order valence-corrected chi connectivity index (χ1v) is 7.44. The minimum absolute atomic E-state index is 0.289. The van der Waals surface area contributed by atoms with Gasteiger partial charge in [0.25, 0.3) is 0 Å². The highest BCUT2D eigenvalue weighted by molar-refractivity contribution is 5.56. The molecule has 0 atom stereocenters. The number of rotatable bonds is 4. The average Bonchev–Trinajstić information content (AvgIpc) is 2.55. The molecule has 6 nitrogen and oxygen atoms in total. The maximum absolute atomic E-state index is 13.2. The summed E-state index contributed by atoms with van der Waals surface area (Å²) in [5, 5.41) is 11.2. The molecule has 1 aromatic heterocycles. The van der Waals surface area contributed by atoms with Gasteiger partial charge in [-0.2, -0.15) is 10.1 Å². The van der Waals surface area contributed by atoms with Gasteiger partial charge in [0.1, 0.15) is 5.82 Å². The van der Waals surface area contributed by atoms with Crippen LogP contribution in [0.15, 0.2) is 30.5 Å². The van der Waals surface area contributed by atoms with E-state index in [9.17, 15) is 4.39 Å². The molecular formula is C15H19FN6. The van der Waals surface area contributed by atoms with Crippen LogP contribution in [0, 0.1) is 5.82 Å². The molecule has 1 fully saturated rings. The molecule has 0 aliphatic carbocycles. The van der Waals surface area contributed by atoms with E-state index >= 15 is 0 Å².